The lowest BCUT2D eigenvalue weighted by molar-refractivity contribution is 0.0636. The maximum Gasteiger partial charge on any atom is 0.317 e. The number of amides is 3. The van der Waals surface area contributed by atoms with Crippen molar-refractivity contribution >= 4 is 22.8 Å². The molecule has 2 saturated heterocycles. The van der Waals surface area contributed by atoms with Crippen LogP contribution in [0.5, 0.6) is 0 Å². The first-order valence-corrected chi connectivity index (χ1v) is 8.83. The fourth-order valence-corrected chi connectivity index (χ4v) is 3.88. The number of urea groups is 1. The second-order valence-corrected chi connectivity index (χ2v) is 6.80. The molecule has 0 spiro atoms. The SMILES string of the molecule is Cc1cc(C(=O)N2CCC[C@H](N3CCNC3=O)C2)c2ccccc2n1. The lowest BCUT2D eigenvalue weighted by Gasteiger charge is -2.37. The molecule has 1 aromatic heterocycles. The highest BCUT2D eigenvalue weighted by Gasteiger charge is 2.33. The first kappa shape index (κ1) is 15.9. The number of nitrogens with zero attached hydrogens (tertiary/aromatic N) is 3. The largest absolute Gasteiger partial charge is 0.337 e. The molecule has 3 amide bonds. The Labute approximate surface area is 146 Å². The highest BCUT2D eigenvalue weighted by Crippen LogP contribution is 2.23. The molecule has 2 aliphatic heterocycles. The summed E-state index contributed by atoms with van der Waals surface area (Å²) in [5.74, 6) is 0.0333. The molecule has 2 aliphatic rings. The summed E-state index contributed by atoms with van der Waals surface area (Å²) in [7, 11) is 0. The number of hydrogen-bond acceptors (Lipinski definition) is 3. The normalized spacial score (nSPS) is 20.8. The van der Waals surface area contributed by atoms with Gasteiger partial charge < -0.3 is 15.1 Å². The van der Waals surface area contributed by atoms with E-state index >= 15 is 0 Å². The molecule has 1 aromatic carbocycles. The Morgan fingerprint density at radius 3 is 2.92 bits per heavy atom. The van der Waals surface area contributed by atoms with Gasteiger partial charge in [0.05, 0.1) is 17.1 Å². The number of benzene rings is 1. The predicted molar refractivity (Wildman–Crippen MR) is 95.5 cm³/mol. The molecule has 130 valence electrons. The number of rotatable bonds is 2. The zero-order valence-corrected chi connectivity index (χ0v) is 14.4. The van der Waals surface area contributed by atoms with Crippen LogP contribution in [0.25, 0.3) is 10.9 Å². The van der Waals surface area contributed by atoms with Crippen LogP contribution in [-0.4, -0.2) is 58.9 Å². The molecule has 0 aliphatic carbocycles. The third kappa shape index (κ3) is 2.92. The van der Waals surface area contributed by atoms with Crippen molar-refractivity contribution in [2.24, 2.45) is 0 Å². The maximum absolute atomic E-state index is 13.2. The van der Waals surface area contributed by atoms with Gasteiger partial charge in [-0.2, -0.15) is 0 Å². The fourth-order valence-electron chi connectivity index (χ4n) is 3.88. The second-order valence-electron chi connectivity index (χ2n) is 6.80. The van der Waals surface area contributed by atoms with E-state index in [1.165, 1.54) is 0 Å². The molecule has 0 unspecified atom stereocenters. The molecule has 0 saturated carbocycles. The van der Waals surface area contributed by atoms with Gasteiger partial charge in [0.1, 0.15) is 0 Å². The van der Waals surface area contributed by atoms with Crippen molar-refractivity contribution in [1.29, 1.82) is 0 Å². The molecule has 3 heterocycles. The monoisotopic (exact) mass is 338 g/mol. The number of aryl methyl sites for hydroxylation is 1. The van der Waals surface area contributed by atoms with E-state index in [4.69, 9.17) is 0 Å². The van der Waals surface area contributed by atoms with Crippen LogP contribution in [-0.2, 0) is 0 Å². The van der Waals surface area contributed by atoms with Crippen molar-refractivity contribution in [2.75, 3.05) is 26.2 Å². The number of aromatic nitrogens is 1. The van der Waals surface area contributed by atoms with Crippen molar-refractivity contribution in [1.82, 2.24) is 20.1 Å². The van der Waals surface area contributed by atoms with Gasteiger partial charge in [-0.3, -0.25) is 9.78 Å². The molecular weight excluding hydrogens is 316 g/mol. The number of fused-ring (bicyclic) bond motifs is 1. The summed E-state index contributed by atoms with van der Waals surface area (Å²) >= 11 is 0. The van der Waals surface area contributed by atoms with E-state index in [2.05, 4.69) is 10.3 Å². The minimum Gasteiger partial charge on any atom is -0.337 e. The van der Waals surface area contributed by atoms with Gasteiger partial charge in [-0.05, 0) is 31.9 Å². The number of para-hydroxylation sites is 1. The average Bonchev–Trinajstić information content (AvgIpc) is 3.06. The number of pyridine rings is 1. The Morgan fingerprint density at radius 1 is 1.28 bits per heavy atom. The third-order valence-corrected chi connectivity index (χ3v) is 5.09. The van der Waals surface area contributed by atoms with E-state index in [9.17, 15) is 9.59 Å². The number of carbonyl (C=O) groups excluding carboxylic acids is 2. The summed E-state index contributed by atoms with van der Waals surface area (Å²) < 4.78 is 0. The van der Waals surface area contributed by atoms with Crippen LogP contribution >= 0.6 is 0 Å². The summed E-state index contributed by atoms with van der Waals surface area (Å²) in [6.07, 6.45) is 1.87. The topological polar surface area (TPSA) is 65.5 Å². The van der Waals surface area contributed by atoms with E-state index in [1.807, 2.05) is 47.1 Å². The van der Waals surface area contributed by atoms with E-state index in [0.717, 1.165) is 42.5 Å². The van der Waals surface area contributed by atoms with Crippen molar-refractivity contribution in [2.45, 2.75) is 25.8 Å². The van der Waals surface area contributed by atoms with E-state index in [0.29, 0.717) is 18.7 Å². The fraction of sp³-hybridized carbons (Fsp3) is 0.421. The van der Waals surface area contributed by atoms with Gasteiger partial charge in [0.2, 0.25) is 0 Å². The van der Waals surface area contributed by atoms with Gasteiger partial charge in [-0.25, -0.2) is 4.79 Å². The zero-order chi connectivity index (χ0) is 17.4. The second kappa shape index (κ2) is 6.35. The molecule has 2 aromatic rings. The molecule has 6 heteroatoms. The highest BCUT2D eigenvalue weighted by molar-refractivity contribution is 6.06. The van der Waals surface area contributed by atoms with Crippen molar-refractivity contribution in [3.05, 3.63) is 41.6 Å². The van der Waals surface area contributed by atoms with Crippen LogP contribution in [0.15, 0.2) is 30.3 Å². The first-order valence-electron chi connectivity index (χ1n) is 8.83. The summed E-state index contributed by atoms with van der Waals surface area (Å²) in [4.78, 5) is 33.4. The maximum atomic E-state index is 13.2. The van der Waals surface area contributed by atoms with Gasteiger partial charge in [0.15, 0.2) is 0 Å². The van der Waals surface area contributed by atoms with Gasteiger partial charge in [0, 0.05) is 37.3 Å². The van der Waals surface area contributed by atoms with Crippen LogP contribution in [0.2, 0.25) is 0 Å². The molecule has 1 atom stereocenters. The van der Waals surface area contributed by atoms with Gasteiger partial charge in [-0.15, -0.1) is 0 Å². The number of carbonyl (C=O) groups is 2. The molecular formula is C19H22N4O2. The number of piperidine rings is 1. The molecule has 0 bridgehead atoms. The standard InChI is InChI=1S/C19H22N4O2/c1-13-11-16(15-6-2-3-7-17(15)21-13)18(24)22-9-4-5-14(12-22)23-10-8-20-19(23)25/h2-3,6-7,11,14H,4-5,8-10,12H2,1H3,(H,20,25)/t14-/m0/s1. The molecule has 2 fully saturated rings. The van der Waals surface area contributed by atoms with Crippen LogP contribution in [0.1, 0.15) is 28.9 Å². The van der Waals surface area contributed by atoms with E-state index < -0.39 is 0 Å². The van der Waals surface area contributed by atoms with Crippen molar-refractivity contribution < 1.29 is 9.59 Å². The van der Waals surface area contributed by atoms with Crippen LogP contribution in [0.3, 0.4) is 0 Å². The summed E-state index contributed by atoms with van der Waals surface area (Å²) in [5, 5.41) is 3.74. The molecule has 1 N–H and O–H groups in total. The average molecular weight is 338 g/mol. The summed E-state index contributed by atoms with van der Waals surface area (Å²) in [6, 6.07) is 9.72. The lowest BCUT2D eigenvalue weighted by Crippen LogP contribution is -2.50. The third-order valence-electron chi connectivity index (χ3n) is 5.09. The van der Waals surface area contributed by atoms with E-state index in [1.54, 1.807) is 0 Å². The lowest BCUT2D eigenvalue weighted by atomic mass is 10.0. The minimum absolute atomic E-state index is 0.00972. The Morgan fingerprint density at radius 2 is 2.12 bits per heavy atom. The van der Waals surface area contributed by atoms with E-state index in [-0.39, 0.29) is 18.0 Å². The minimum atomic E-state index is -0.00972. The zero-order valence-electron chi connectivity index (χ0n) is 14.4. The Bertz CT molecular complexity index is 835. The van der Waals surface area contributed by atoms with Gasteiger partial charge in [0.25, 0.3) is 5.91 Å². The number of nitrogens with one attached hydrogen (secondary N) is 1. The quantitative estimate of drug-likeness (QED) is 0.913. The number of hydrogen-bond donors (Lipinski definition) is 1. The van der Waals surface area contributed by atoms with Crippen LogP contribution in [0.4, 0.5) is 4.79 Å². The summed E-state index contributed by atoms with van der Waals surface area (Å²) in [5.41, 5.74) is 2.39. The molecule has 25 heavy (non-hydrogen) atoms. The predicted octanol–water partition coefficient (Wildman–Crippen LogP) is 2.17. The van der Waals surface area contributed by atoms with Crippen molar-refractivity contribution in [3.63, 3.8) is 0 Å². The van der Waals surface area contributed by atoms with Gasteiger partial charge in [-0.1, -0.05) is 18.2 Å². The smallest absolute Gasteiger partial charge is 0.317 e. The van der Waals surface area contributed by atoms with Crippen LogP contribution < -0.4 is 5.32 Å². The van der Waals surface area contributed by atoms with Gasteiger partial charge >= 0.3 is 6.03 Å². The Balaban J connectivity index is 1.61. The van der Waals surface area contributed by atoms with Crippen molar-refractivity contribution in [3.8, 4) is 0 Å². The summed E-state index contributed by atoms with van der Waals surface area (Å²) in [6.45, 7) is 4.67. The van der Waals surface area contributed by atoms with Crippen LogP contribution in [0, 0.1) is 6.92 Å². The first-order chi connectivity index (χ1) is 12.1. The highest BCUT2D eigenvalue weighted by atomic mass is 16.2. The Kier molecular flexibility index (Phi) is 4.03. The Hall–Kier alpha value is -2.63. The molecule has 6 nitrogen and oxygen atoms in total. The molecule has 4 rings (SSSR count). The molecule has 0 radical (unpaired) electrons. The number of likely N-dealkylation sites (tertiary alicyclic amines) is 1.